The van der Waals surface area contributed by atoms with Crippen molar-refractivity contribution in [1.29, 1.82) is 0 Å². The Hall–Kier alpha value is -1.37. The molecule has 1 aromatic heterocycles. The number of likely N-dealkylation sites (tertiary alicyclic amines) is 1. The van der Waals surface area contributed by atoms with E-state index in [1.165, 1.54) is 0 Å². The van der Waals surface area contributed by atoms with Crippen LogP contribution >= 0.6 is 15.9 Å². The molecule has 2 rings (SSSR count). The van der Waals surface area contributed by atoms with Crippen LogP contribution in [-0.2, 0) is 11.2 Å². The van der Waals surface area contributed by atoms with E-state index in [0.29, 0.717) is 23.6 Å². The number of aromatic nitrogens is 2. The minimum atomic E-state index is -0.484. The third-order valence-corrected chi connectivity index (χ3v) is 3.57. The number of rotatable bonds is 3. The molecule has 0 spiro atoms. The molecule has 1 saturated heterocycles. The number of hydrogen-bond donors (Lipinski definition) is 0. The van der Waals surface area contributed by atoms with Crippen LogP contribution in [0.3, 0.4) is 0 Å². The van der Waals surface area contributed by atoms with Crippen molar-refractivity contribution < 1.29 is 14.3 Å². The summed E-state index contributed by atoms with van der Waals surface area (Å²) in [5.74, 6) is 0.543. The van der Waals surface area contributed by atoms with Crippen molar-refractivity contribution in [1.82, 2.24) is 14.9 Å². The molecule has 22 heavy (non-hydrogen) atoms. The molecule has 1 unspecified atom stereocenters. The standard InChI is InChI=1S/C15H22BrN3O3/c1-5-11-13(17-8-12(16)18-11)21-10-6-7-19(9-10)14(20)22-15(2,3)4/h8,10H,5-7,9H2,1-4H3. The monoisotopic (exact) mass is 371 g/mol. The van der Waals surface area contributed by atoms with Crippen LogP contribution in [0.15, 0.2) is 10.8 Å². The van der Waals surface area contributed by atoms with Crippen LogP contribution in [0.25, 0.3) is 0 Å². The first kappa shape index (κ1) is 17.0. The molecule has 0 N–H and O–H groups in total. The maximum Gasteiger partial charge on any atom is 0.410 e. The Bertz CT molecular complexity index is 545. The maximum absolute atomic E-state index is 12.0. The Morgan fingerprint density at radius 3 is 2.86 bits per heavy atom. The molecule has 0 saturated carbocycles. The lowest BCUT2D eigenvalue weighted by molar-refractivity contribution is 0.0274. The van der Waals surface area contributed by atoms with Gasteiger partial charge >= 0.3 is 6.09 Å². The molecule has 1 atom stereocenters. The summed E-state index contributed by atoms with van der Waals surface area (Å²) in [5.41, 5.74) is 0.327. The number of amides is 1. The molecule has 0 bridgehead atoms. The first-order valence-corrected chi connectivity index (χ1v) is 8.24. The first-order valence-electron chi connectivity index (χ1n) is 7.44. The Balaban J connectivity index is 1.95. The van der Waals surface area contributed by atoms with E-state index in [-0.39, 0.29) is 12.2 Å². The molecule has 1 fully saturated rings. The van der Waals surface area contributed by atoms with Crippen molar-refractivity contribution in [2.75, 3.05) is 13.1 Å². The normalized spacial score (nSPS) is 18.4. The highest BCUT2D eigenvalue weighted by atomic mass is 79.9. The van der Waals surface area contributed by atoms with Gasteiger partial charge in [0.25, 0.3) is 0 Å². The molecule has 6 nitrogen and oxygen atoms in total. The molecule has 1 amide bonds. The molecule has 2 heterocycles. The van der Waals surface area contributed by atoms with E-state index in [1.807, 2.05) is 27.7 Å². The number of carbonyl (C=O) groups excluding carboxylic acids is 1. The lowest BCUT2D eigenvalue weighted by Crippen LogP contribution is -2.36. The average Bonchev–Trinajstić information content (AvgIpc) is 2.87. The number of aryl methyl sites for hydroxylation is 1. The number of ether oxygens (including phenoxy) is 2. The fourth-order valence-electron chi connectivity index (χ4n) is 2.20. The second kappa shape index (κ2) is 6.81. The highest BCUT2D eigenvalue weighted by Gasteiger charge is 2.31. The number of carbonyl (C=O) groups is 1. The molecule has 0 aliphatic carbocycles. The zero-order valence-corrected chi connectivity index (χ0v) is 15.0. The Morgan fingerprint density at radius 1 is 1.50 bits per heavy atom. The minimum Gasteiger partial charge on any atom is -0.471 e. The maximum atomic E-state index is 12.0. The summed E-state index contributed by atoms with van der Waals surface area (Å²) in [4.78, 5) is 22.4. The van der Waals surface area contributed by atoms with Gasteiger partial charge in [-0.15, -0.1) is 0 Å². The van der Waals surface area contributed by atoms with Gasteiger partial charge in [-0.2, -0.15) is 0 Å². The van der Waals surface area contributed by atoms with Gasteiger partial charge in [-0.1, -0.05) is 6.92 Å². The van der Waals surface area contributed by atoms with Crippen molar-refractivity contribution in [3.63, 3.8) is 0 Å². The van der Waals surface area contributed by atoms with Crippen molar-refractivity contribution >= 4 is 22.0 Å². The number of nitrogens with zero attached hydrogens (tertiary/aromatic N) is 3. The molecule has 1 aromatic rings. The minimum absolute atomic E-state index is 0.0757. The molecule has 7 heteroatoms. The smallest absolute Gasteiger partial charge is 0.410 e. The van der Waals surface area contributed by atoms with Gasteiger partial charge in [-0.3, -0.25) is 0 Å². The second-order valence-electron chi connectivity index (χ2n) is 6.25. The van der Waals surface area contributed by atoms with Gasteiger partial charge in [0, 0.05) is 13.0 Å². The molecule has 0 radical (unpaired) electrons. The summed E-state index contributed by atoms with van der Waals surface area (Å²) in [6.45, 7) is 8.73. The summed E-state index contributed by atoms with van der Waals surface area (Å²) in [6.07, 6.45) is 2.75. The Kier molecular flexibility index (Phi) is 5.26. The largest absolute Gasteiger partial charge is 0.471 e. The molecule has 0 aromatic carbocycles. The van der Waals surface area contributed by atoms with Gasteiger partial charge < -0.3 is 14.4 Å². The average molecular weight is 372 g/mol. The van der Waals surface area contributed by atoms with Crippen LogP contribution in [0.2, 0.25) is 0 Å². The van der Waals surface area contributed by atoms with Crippen LogP contribution in [0.4, 0.5) is 4.79 Å². The fraction of sp³-hybridized carbons (Fsp3) is 0.667. The van der Waals surface area contributed by atoms with Crippen LogP contribution in [0.1, 0.15) is 39.8 Å². The third-order valence-electron chi connectivity index (χ3n) is 3.19. The molecular weight excluding hydrogens is 350 g/mol. The predicted molar refractivity (Wildman–Crippen MR) is 86.0 cm³/mol. The zero-order chi connectivity index (χ0) is 16.3. The third kappa shape index (κ3) is 4.56. The fourth-order valence-corrected chi connectivity index (χ4v) is 2.51. The van der Waals surface area contributed by atoms with Crippen LogP contribution in [0, 0.1) is 0 Å². The number of halogens is 1. The van der Waals surface area contributed by atoms with E-state index in [2.05, 4.69) is 25.9 Å². The summed E-state index contributed by atoms with van der Waals surface area (Å²) in [5, 5.41) is 0. The summed E-state index contributed by atoms with van der Waals surface area (Å²) < 4.78 is 12.0. The van der Waals surface area contributed by atoms with Crippen molar-refractivity contribution in [3.05, 3.63) is 16.5 Å². The molecule has 1 aliphatic rings. The summed E-state index contributed by atoms with van der Waals surface area (Å²) in [7, 11) is 0. The Morgan fingerprint density at radius 2 is 2.23 bits per heavy atom. The van der Waals surface area contributed by atoms with Crippen LogP contribution in [-0.4, -0.2) is 45.8 Å². The van der Waals surface area contributed by atoms with Gasteiger partial charge in [0.05, 0.1) is 12.7 Å². The van der Waals surface area contributed by atoms with E-state index in [4.69, 9.17) is 9.47 Å². The van der Waals surface area contributed by atoms with Crippen molar-refractivity contribution in [2.45, 2.75) is 52.2 Å². The van der Waals surface area contributed by atoms with Crippen molar-refractivity contribution in [3.8, 4) is 5.88 Å². The van der Waals surface area contributed by atoms with E-state index < -0.39 is 5.60 Å². The zero-order valence-electron chi connectivity index (χ0n) is 13.4. The quantitative estimate of drug-likeness (QED) is 0.816. The van der Waals surface area contributed by atoms with Gasteiger partial charge in [-0.05, 0) is 43.1 Å². The number of hydrogen-bond acceptors (Lipinski definition) is 5. The van der Waals surface area contributed by atoms with Gasteiger partial charge in [0.1, 0.15) is 22.0 Å². The Labute approximate surface area is 139 Å². The van der Waals surface area contributed by atoms with Crippen LogP contribution in [0.5, 0.6) is 5.88 Å². The highest BCUT2D eigenvalue weighted by molar-refractivity contribution is 9.10. The van der Waals surface area contributed by atoms with E-state index in [0.717, 1.165) is 18.5 Å². The second-order valence-corrected chi connectivity index (χ2v) is 7.07. The lowest BCUT2D eigenvalue weighted by atomic mass is 10.2. The highest BCUT2D eigenvalue weighted by Crippen LogP contribution is 2.22. The van der Waals surface area contributed by atoms with Gasteiger partial charge in [0.2, 0.25) is 5.88 Å². The molecule has 1 aliphatic heterocycles. The van der Waals surface area contributed by atoms with Gasteiger partial charge in [0.15, 0.2) is 0 Å². The molecular formula is C15H22BrN3O3. The first-order chi connectivity index (χ1) is 10.3. The van der Waals surface area contributed by atoms with Crippen LogP contribution < -0.4 is 4.74 Å². The van der Waals surface area contributed by atoms with Gasteiger partial charge in [-0.25, -0.2) is 14.8 Å². The van der Waals surface area contributed by atoms with Crippen molar-refractivity contribution in [2.24, 2.45) is 0 Å². The summed E-state index contributed by atoms with van der Waals surface area (Å²) >= 11 is 3.31. The molecule has 122 valence electrons. The van der Waals surface area contributed by atoms with E-state index >= 15 is 0 Å². The lowest BCUT2D eigenvalue weighted by Gasteiger charge is -2.24. The predicted octanol–water partition coefficient (Wildman–Crippen LogP) is 3.19. The topological polar surface area (TPSA) is 64.6 Å². The SMILES string of the molecule is CCc1nc(Br)cnc1OC1CCN(C(=O)OC(C)(C)C)C1. The van der Waals surface area contributed by atoms with E-state index in [9.17, 15) is 4.79 Å². The van der Waals surface area contributed by atoms with E-state index in [1.54, 1.807) is 11.1 Å². The summed E-state index contributed by atoms with van der Waals surface area (Å²) in [6, 6.07) is 0.